The summed E-state index contributed by atoms with van der Waals surface area (Å²) in [5.74, 6) is 1.55. The zero-order valence-corrected chi connectivity index (χ0v) is 20.0. The van der Waals surface area contributed by atoms with Gasteiger partial charge in [0.25, 0.3) is 0 Å². The third-order valence-electron chi connectivity index (χ3n) is 5.03. The number of nitrogens with one attached hydrogen (secondary N) is 2. The summed E-state index contributed by atoms with van der Waals surface area (Å²) in [5.41, 5.74) is 4.33. The van der Waals surface area contributed by atoms with Crippen LogP contribution in [0.15, 0.2) is 36.8 Å². The third kappa shape index (κ3) is 6.23. The van der Waals surface area contributed by atoms with Crippen LogP contribution in [0, 0.1) is 6.92 Å². The molecule has 0 aliphatic heterocycles. The normalized spacial score (nSPS) is 10.8. The molecule has 0 spiro atoms. The number of hydrogen-bond donors (Lipinski definition) is 2. The van der Waals surface area contributed by atoms with Gasteiger partial charge in [-0.25, -0.2) is 0 Å². The van der Waals surface area contributed by atoms with E-state index in [0.29, 0.717) is 31.4 Å². The van der Waals surface area contributed by atoms with Crippen molar-refractivity contribution in [2.24, 2.45) is 0 Å². The van der Waals surface area contributed by atoms with E-state index in [4.69, 9.17) is 21.7 Å². The van der Waals surface area contributed by atoms with E-state index in [0.717, 1.165) is 47.0 Å². The molecule has 0 aliphatic rings. The van der Waals surface area contributed by atoms with Crippen molar-refractivity contribution in [1.82, 2.24) is 24.9 Å². The molecule has 8 nitrogen and oxygen atoms in total. The molecule has 0 aliphatic carbocycles. The molecule has 1 aromatic carbocycles. The van der Waals surface area contributed by atoms with Crippen LogP contribution in [-0.2, 0) is 19.5 Å². The van der Waals surface area contributed by atoms with E-state index in [1.165, 1.54) is 0 Å². The monoisotopic (exact) mass is 456 g/mol. The number of aromatic nitrogens is 4. The van der Waals surface area contributed by atoms with E-state index < -0.39 is 0 Å². The molecule has 0 saturated heterocycles. The summed E-state index contributed by atoms with van der Waals surface area (Å²) >= 11 is 5.44. The number of benzene rings is 1. The van der Waals surface area contributed by atoms with Gasteiger partial charge >= 0.3 is 0 Å². The van der Waals surface area contributed by atoms with Crippen molar-refractivity contribution >= 4 is 23.0 Å². The maximum absolute atomic E-state index is 5.70. The first-order valence-electron chi connectivity index (χ1n) is 11.0. The Labute approximate surface area is 194 Å². The zero-order chi connectivity index (χ0) is 22.9. The molecule has 0 fully saturated rings. The molecule has 0 bridgehead atoms. The molecule has 172 valence electrons. The lowest BCUT2D eigenvalue weighted by molar-refractivity contribution is 0.287. The van der Waals surface area contributed by atoms with Crippen molar-refractivity contribution in [3.8, 4) is 11.5 Å². The number of rotatable bonds is 11. The Balaban J connectivity index is 1.48. The van der Waals surface area contributed by atoms with Crippen molar-refractivity contribution in [2.45, 2.75) is 47.2 Å². The van der Waals surface area contributed by atoms with Gasteiger partial charge in [-0.2, -0.15) is 10.2 Å². The van der Waals surface area contributed by atoms with Crippen LogP contribution in [0.2, 0.25) is 0 Å². The van der Waals surface area contributed by atoms with Gasteiger partial charge in [-0.05, 0) is 64.0 Å². The molecule has 2 heterocycles. The molecule has 0 saturated carbocycles. The molecule has 2 aromatic heterocycles. The summed E-state index contributed by atoms with van der Waals surface area (Å²) in [7, 11) is 0. The zero-order valence-electron chi connectivity index (χ0n) is 19.2. The minimum atomic E-state index is 0.565. The Bertz CT molecular complexity index is 1030. The summed E-state index contributed by atoms with van der Waals surface area (Å²) < 4.78 is 15.2. The Morgan fingerprint density at radius 2 is 1.84 bits per heavy atom. The molecule has 0 radical (unpaired) electrons. The van der Waals surface area contributed by atoms with Crippen LogP contribution in [0.1, 0.15) is 37.6 Å². The number of nitrogens with zero attached hydrogens (tertiary/aromatic N) is 4. The molecule has 0 amide bonds. The average molecular weight is 457 g/mol. The Hall–Kier alpha value is -3.07. The predicted octanol–water partition coefficient (Wildman–Crippen LogP) is 3.78. The Morgan fingerprint density at radius 1 is 1.06 bits per heavy atom. The van der Waals surface area contributed by atoms with Crippen molar-refractivity contribution in [2.75, 3.05) is 25.1 Å². The smallest absolute Gasteiger partial charge is 0.170 e. The van der Waals surface area contributed by atoms with Crippen LogP contribution < -0.4 is 20.1 Å². The van der Waals surface area contributed by atoms with Crippen LogP contribution in [0.5, 0.6) is 11.5 Å². The lowest BCUT2D eigenvalue weighted by Gasteiger charge is -2.13. The van der Waals surface area contributed by atoms with E-state index in [-0.39, 0.29) is 0 Å². The average Bonchev–Trinajstić information content (AvgIpc) is 3.36. The Kier molecular flexibility index (Phi) is 8.49. The quantitative estimate of drug-likeness (QED) is 0.425. The van der Waals surface area contributed by atoms with E-state index in [2.05, 4.69) is 40.7 Å². The van der Waals surface area contributed by atoms with E-state index in [1.54, 1.807) is 6.20 Å². The fraction of sp³-hybridized carbons (Fsp3) is 0.435. The van der Waals surface area contributed by atoms with Crippen LogP contribution in [0.4, 0.5) is 5.69 Å². The predicted molar refractivity (Wildman–Crippen MR) is 131 cm³/mol. The lowest BCUT2D eigenvalue weighted by Crippen LogP contribution is -2.30. The van der Waals surface area contributed by atoms with Gasteiger partial charge in [0.05, 0.1) is 37.8 Å². The molecule has 9 heteroatoms. The maximum atomic E-state index is 5.70. The standard InChI is InChI=1S/C23H32N6O2S/c1-5-29-17(4)19(13-26-29)15-28-16-20(14-25-28)27-23(32)24-11-10-18-8-9-21(30-6-2)22(12-18)31-7-3/h8-9,12-14,16H,5-7,10-11,15H2,1-4H3,(H2,24,27,32). The lowest BCUT2D eigenvalue weighted by atomic mass is 10.1. The molecular weight excluding hydrogens is 424 g/mol. The summed E-state index contributed by atoms with van der Waals surface area (Å²) in [6.07, 6.45) is 6.43. The third-order valence-corrected chi connectivity index (χ3v) is 5.28. The maximum Gasteiger partial charge on any atom is 0.170 e. The number of thiocarbonyl (C=S) groups is 1. The van der Waals surface area contributed by atoms with E-state index in [1.807, 2.05) is 47.7 Å². The highest BCUT2D eigenvalue weighted by molar-refractivity contribution is 7.80. The van der Waals surface area contributed by atoms with Crippen molar-refractivity contribution in [1.29, 1.82) is 0 Å². The van der Waals surface area contributed by atoms with Crippen LogP contribution in [-0.4, -0.2) is 44.4 Å². The first-order chi connectivity index (χ1) is 15.5. The Morgan fingerprint density at radius 3 is 2.56 bits per heavy atom. The number of ether oxygens (including phenoxy) is 2. The first kappa shape index (κ1) is 23.6. The van der Waals surface area contributed by atoms with Crippen molar-refractivity contribution in [3.63, 3.8) is 0 Å². The fourth-order valence-corrected chi connectivity index (χ4v) is 3.61. The van der Waals surface area contributed by atoms with Gasteiger partial charge in [0.2, 0.25) is 0 Å². The highest BCUT2D eigenvalue weighted by Gasteiger charge is 2.09. The second-order valence-corrected chi connectivity index (χ2v) is 7.68. The first-order valence-corrected chi connectivity index (χ1v) is 11.4. The van der Waals surface area contributed by atoms with Gasteiger partial charge in [0, 0.05) is 30.5 Å². The largest absolute Gasteiger partial charge is 0.490 e. The van der Waals surface area contributed by atoms with Gasteiger partial charge in [-0.1, -0.05) is 6.07 Å². The highest BCUT2D eigenvalue weighted by atomic mass is 32.1. The van der Waals surface area contributed by atoms with Crippen molar-refractivity contribution in [3.05, 3.63) is 53.6 Å². The molecule has 3 rings (SSSR count). The topological polar surface area (TPSA) is 78.2 Å². The van der Waals surface area contributed by atoms with Gasteiger partial charge in [0.1, 0.15) is 0 Å². The SMILES string of the molecule is CCOc1ccc(CCNC(=S)Nc2cnn(Cc3cnn(CC)c3C)c2)cc1OCC. The minimum Gasteiger partial charge on any atom is -0.490 e. The van der Waals surface area contributed by atoms with Crippen LogP contribution in [0.3, 0.4) is 0 Å². The molecule has 32 heavy (non-hydrogen) atoms. The van der Waals surface area contributed by atoms with Crippen LogP contribution in [0.25, 0.3) is 0 Å². The molecule has 0 atom stereocenters. The summed E-state index contributed by atoms with van der Waals surface area (Å²) in [5, 5.41) is 15.8. The molecule has 0 unspecified atom stereocenters. The second-order valence-electron chi connectivity index (χ2n) is 7.28. The number of aryl methyl sites for hydroxylation is 1. The number of anilines is 1. The van der Waals surface area contributed by atoms with Gasteiger partial charge in [-0.3, -0.25) is 9.36 Å². The van der Waals surface area contributed by atoms with Crippen LogP contribution >= 0.6 is 12.2 Å². The summed E-state index contributed by atoms with van der Waals surface area (Å²) in [4.78, 5) is 0. The molecule has 3 aromatic rings. The van der Waals surface area contributed by atoms with Gasteiger partial charge in [-0.15, -0.1) is 0 Å². The van der Waals surface area contributed by atoms with Gasteiger partial charge in [0.15, 0.2) is 16.6 Å². The van der Waals surface area contributed by atoms with Crippen molar-refractivity contribution < 1.29 is 9.47 Å². The molecular formula is C23H32N6O2S. The van der Waals surface area contributed by atoms with E-state index >= 15 is 0 Å². The van der Waals surface area contributed by atoms with Gasteiger partial charge < -0.3 is 20.1 Å². The number of hydrogen-bond acceptors (Lipinski definition) is 5. The highest BCUT2D eigenvalue weighted by Crippen LogP contribution is 2.28. The second kappa shape index (κ2) is 11.5. The molecule has 2 N–H and O–H groups in total. The minimum absolute atomic E-state index is 0.565. The summed E-state index contributed by atoms with van der Waals surface area (Å²) in [6, 6.07) is 6.04. The fourth-order valence-electron chi connectivity index (χ4n) is 3.40. The summed E-state index contributed by atoms with van der Waals surface area (Å²) in [6.45, 7) is 11.5. The van der Waals surface area contributed by atoms with E-state index in [9.17, 15) is 0 Å².